The summed E-state index contributed by atoms with van der Waals surface area (Å²) in [6.45, 7) is 2.84. The number of methoxy groups -OCH3 is 1. The molecule has 0 bridgehead atoms. The van der Waals surface area contributed by atoms with Gasteiger partial charge < -0.3 is 15.0 Å². The number of thiophene rings is 1. The molecule has 1 aliphatic carbocycles. The van der Waals surface area contributed by atoms with Crippen LogP contribution in [0.4, 0.5) is 11.5 Å². The largest absolute Gasteiger partial charge is 0.495 e. The highest BCUT2D eigenvalue weighted by Crippen LogP contribution is 2.41. The number of nitrogens with one attached hydrogen (secondary N) is 1. The van der Waals surface area contributed by atoms with Crippen LogP contribution >= 0.6 is 11.3 Å². The lowest BCUT2D eigenvalue weighted by atomic mass is 10.1. The second-order valence-electron chi connectivity index (χ2n) is 7.78. The van der Waals surface area contributed by atoms with E-state index in [4.69, 9.17) is 4.74 Å². The Balaban J connectivity index is 1.48. The van der Waals surface area contributed by atoms with Crippen LogP contribution in [0.1, 0.15) is 35.3 Å². The predicted octanol–water partition coefficient (Wildman–Crippen LogP) is 4.10. The number of carbonyl (C=O) groups is 1. The van der Waals surface area contributed by atoms with Gasteiger partial charge in [-0.2, -0.15) is 0 Å². The van der Waals surface area contributed by atoms with Crippen LogP contribution < -0.4 is 15.0 Å². The number of amides is 1. The number of nitrogens with zero attached hydrogens (tertiary/aromatic N) is 3. The van der Waals surface area contributed by atoms with Gasteiger partial charge in [0.05, 0.1) is 18.2 Å². The van der Waals surface area contributed by atoms with Crippen molar-refractivity contribution < 1.29 is 9.53 Å². The van der Waals surface area contributed by atoms with E-state index in [1.165, 1.54) is 16.9 Å². The van der Waals surface area contributed by atoms with Crippen molar-refractivity contribution in [2.24, 2.45) is 0 Å². The van der Waals surface area contributed by atoms with Crippen molar-refractivity contribution in [3.63, 3.8) is 0 Å². The predicted molar refractivity (Wildman–Crippen MR) is 116 cm³/mol. The maximum absolute atomic E-state index is 13.2. The molecule has 2 aliphatic rings. The second-order valence-corrected chi connectivity index (χ2v) is 8.86. The number of hydrogen-bond acceptors (Lipinski definition) is 6. The monoisotopic (exact) mass is 408 g/mol. The van der Waals surface area contributed by atoms with E-state index in [1.807, 2.05) is 25.1 Å². The van der Waals surface area contributed by atoms with Crippen molar-refractivity contribution in [2.75, 3.05) is 23.9 Å². The first kappa shape index (κ1) is 18.4. The molecule has 0 spiro atoms. The van der Waals surface area contributed by atoms with Crippen LogP contribution in [-0.2, 0) is 17.6 Å². The number of benzene rings is 1. The fourth-order valence-corrected chi connectivity index (χ4v) is 5.78. The van der Waals surface area contributed by atoms with Crippen LogP contribution in [0.2, 0.25) is 0 Å². The number of anilines is 2. The third-order valence-electron chi connectivity index (χ3n) is 5.92. The van der Waals surface area contributed by atoms with Gasteiger partial charge in [-0.1, -0.05) is 6.07 Å². The van der Waals surface area contributed by atoms with Crippen LogP contribution in [0.25, 0.3) is 10.2 Å². The number of aryl methyl sites for hydroxylation is 3. The van der Waals surface area contributed by atoms with Crippen LogP contribution in [0.15, 0.2) is 24.5 Å². The van der Waals surface area contributed by atoms with Gasteiger partial charge in [-0.05, 0) is 62.3 Å². The zero-order chi connectivity index (χ0) is 20.0. The normalized spacial score (nSPS) is 18.3. The van der Waals surface area contributed by atoms with E-state index in [0.717, 1.165) is 53.8 Å². The lowest BCUT2D eigenvalue weighted by Crippen LogP contribution is -2.40. The van der Waals surface area contributed by atoms with Gasteiger partial charge in [0.15, 0.2) is 0 Å². The van der Waals surface area contributed by atoms with Gasteiger partial charge in [-0.25, -0.2) is 9.97 Å². The Kier molecular flexibility index (Phi) is 4.62. The van der Waals surface area contributed by atoms with Crippen molar-refractivity contribution in [1.29, 1.82) is 0 Å². The van der Waals surface area contributed by atoms with Crippen molar-refractivity contribution in [3.8, 4) is 5.75 Å². The molecule has 1 aliphatic heterocycles. The Bertz CT molecular complexity index is 1090. The smallest absolute Gasteiger partial charge is 0.247 e. The molecule has 5 rings (SSSR count). The lowest BCUT2D eigenvalue weighted by Gasteiger charge is -2.26. The SMILES string of the molecule is COc1ccc(C)cc1NC(=O)C1CCCN1c1ncnc2sc3c(c12)CCC3. The average molecular weight is 409 g/mol. The van der Waals surface area contributed by atoms with Crippen LogP contribution in [-0.4, -0.2) is 35.6 Å². The number of ether oxygens (including phenoxy) is 1. The molecule has 1 unspecified atom stereocenters. The highest BCUT2D eigenvalue weighted by atomic mass is 32.1. The van der Waals surface area contributed by atoms with Gasteiger partial charge in [-0.15, -0.1) is 11.3 Å². The van der Waals surface area contributed by atoms with E-state index in [1.54, 1.807) is 24.8 Å². The summed E-state index contributed by atoms with van der Waals surface area (Å²) >= 11 is 1.78. The molecule has 3 aromatic rings. The molecule has 1 N–H and O–H groups in total. The number of carbonyl (C=O) groups excluding carboxylic acids is 1. The first-order chi connectivity index (χ1) is 14.2. The van der Waals surface area contributed by atoms with Gasteiger partial charge in [0.1, 0.15) is 28.8 Å². The van der Waals surface area contributed by atoms with Crippen molar-refractivity contribution in [2.45, 2.75) is 45.1 Å². The van der Waals surface area contributed by atoms with Crippen LogP contribution in [0.3, 0.4) is 0 Å². The standard InChI is InChI=1S/C22H24N4O2S/c1-13-8-9-17(28-2)15(11-13)25-21(27)16-6-4-10-26(16)20-19-14-5-3-7-18(14)29-22(19)24-12-23-20/h8-9,11-12,16H,3-7,10H2,1-2H3,(H,25,27). The Hall–Kier alpha value is -2.67. The van der Waals surface area contributed by atoms with Crippen molar-refractivity contribution >= 4 is 39.0 Å². The fourth-order valence-electron chi connectivity index (χ4n) is 4.56. The van der Waals surface area contributed by atoms with E-state index in [0.29, 0.717) is 11.4 Å². The van der Waals surface area contributed by atoms with Crippen molar-refractivity contribution in [1.82, 2.24) is 9.97 Å². The van der Waals surface area contributed by atoms with Crippen LogP contribution in [0, 0.1) is 6.92 Å². The molecule has 0 saturated carbocycles. The van der Waals surface area contributed by atoms with Gasteiger partial charge in [0.25, 0.3) is 0 Å². The molecular formula is C22H24N4O2S. The second kappa shape index (κ2) is 7.30. The summed E-state index contributed by atoms with van der Waals surface area (Å²) in [5, 5.41) is 4.26. The molecule has 1 saturated heterocycles. The minimum Gasteiger partial charge on any atom is -0.495 e. The van der Waals surface area contributed by atoms with E-state index in [9.17, 15) is 4.79 Å². The minimum absolute atomic E-state index is 0.00922. The Labute approximate surface area is 173 Å². The van der Waals surface area contributed by atoms with E-state index in [-0.39, 0.29) is 11.9 Å². The summed E-state index contributed by atoms with van der Waals surface area (Å²) in [4.78, 5) is 27.0. The molecule has 29 heavy (non-hydrogen) atoms. The fraction of sp³-hybridized carbons (Fsp3) is 0.409. The third kappa shape index (κ3) is 3.13. The van der Waals surface area contributed by atoms with Gasteiger partial charge >= 0.3 is 0 Å². The molecule has 1 atom stereocenters. The maximum atomic E-state index is 13.2. The summed E-state index contributed by atoms with van der Waals surface area (Å²) in [6, 6.07) is 5.57. The molecule has 6 nitrogen and oxygen atoms in total. The number of fused-ring (bicyclic) bond motifs is 3. The molecular weight excluding hydrogens is 384 g/mol. The van der Waals surface area contributed by atoms with E-state index in [2.05, 4.69) is 20.2 Å². The molecule has 1 aromatic carbocycles. The zero-order valence-electron chi connectivity index (χ0n) is 16.7. The summed E-state index contributed by atoms with van der Waals surface area (Å²) < 4.78 is 5.43. The topological polar surface area (TPSA) is 67.3 Å². The zero-order valence-corrected chi connectivity index (χ0v) is 17.5. The first-order valence-corrected chi connectivity index (χ1v) is 10.9. The summed E-state index contributed by atoms with van der Waals surface area (Å²) in [5.74, 6) is 1.59. The molecule has 0 radical (unpaired) electrons. The number of aromatic nitrogens is 2. The molecule has 7 heteroatoms. The highest BCUT2D eigenvalue weighted by molar-refractivity contribution is 7.19. The summed E-state index contributed by atoms with van der Waals surface area (Å²) in [7, 11) is 1.62. The molecule has 1 amide bonds. The highest BCUT2D eigenvalue weighted by Gasteiger charge is 2.34. The third-order valence-corrected chi connectivity index (χ3v) is 7.12. The number of hydrogen-bond donors (Lipinski definition) is 1. The summed E-state index contributed by atoms with van der Waals surface area (Å²) in [6.07, 6.45) is 6.84. The Morgan fingerprint density at radius 1 is 1.28 bits per heavy atom. The number of rotatable bonds is 4. The molecule has 1 fully saturated rings. The van der Waals surface area contributed by atoms with Gasteiger partial charge in [0, 0.05) is 11.4 Å². The molecule has 3 heterocycles. The minimum atomic E-state index is -0.240. The lowest BCUT2D eigenvalue weighted by molar-refractivity contribution is -0.117. The van der Waals surface area contributed by atoms with Gasteiger partial charge in [-0.3, -0.25) is 4.79 Å². The van der Waals surface area contributed by atoms with Gasteiger partial charge in [0.2, 0.25) is 5.91 Å². The maximum Gasteiger partial charge on any atom is 0.247 e. The average Bonchev–Trinajstić information content (AvgIpc) is 3.43. The van der Waals surface area contributed by atoms with E-state index >= 15 is 0 Å². The van der Waals surface area contributed by atoms with Crippen molar-refractivity contribution in [3.05, 3.63) is 40.5 Å². The van der Waals surface area contributed by atoms with Crippen LogP contribution in [0.5, 0.6) is 5.75 Å². The summed E-state index contributed by atoms with van der Waals surface area (Å²) in [5.41, 5.74) is 3.19. The molecule has 2 aromatic heterocycles. The quantitative estimate of drug-likeness (QED) is 0.704. The molecule has 150 valence electrons. The van der Waals surface area contributed by atoms with E-state index < -0.39 is 0 Å². The Morgan fingerprint density at radius 3 is 3.03 bits per heavy atom. The first-order valence-electron chi connectivity index (χ1n) is 10.1. The Morgan fingerprint density at radius 2 is 2.17 bits per heavy atom.